The summed E-state index contributed by atoms with van der Waals surface area (Å²) in [5, 5.41) is 0. The Morgan fingerprint density at radius 1 is 1.25 bits per heavy atom. The molecule has 0 aliphatic heterocycles. The van der Waals surface area contributed by atoms with Crippen molar-refractivity contribution in [3.05, 3.63) is 0 Å². The molecule has 0 aromatic heterocycles. The van der Waals surface area contributed by atoms with Crippen LogP contribution in [0.4, 0.5) is 0 Å². The predicted molar refractivity (Wildman–Crippen MR) is 16.0 cm³/mol. The van der Waals surface area contributed by atoms with E-state index >= 15 is 0 Å². The van der Waals surface area contributed by atoms with E-state index in [0.29, 0.717) is 0 Å². The van der Waals surface area contributed by atoms with E-state index in [4.69, 9.17) is 0 Å². The maximum atomic E-state index is 2.12. The van der Waals surface area contributed by atoms with E-state index in [2.05, 4.69) is 13.8 Å². The standard InChI is InChI=1S/C3H8.Tb/c1-3-2;/h3H2,1-2H3;. The van der Waals surface area contributed by atoms with Gasteiger partial charge in [0.05, 0.1) is 0 Å². The van der Waals surface area contributed by atoms with Crippen LogP contribution in [0.5, 0.6) is 0 Å². The first-order valence-corrected chi connectivity index (χ1v) is 1.41. The predicted octanol–water partition coefficient (Wildman–Crippen LogP) is 1.42. The fourth-order valence-corrected chi connectivity index (χ4v) is 0. The summed E-state index contributed by atoms with van der Waals surface area (Å²) in [5.74, 6) is 0. The van der Waals surface area contributed by atoms with E-state index < -0.39 is 0 Å². The summed E-state index contributed by atoms with van der Waals surface area (Å²) in [4.78, 5) is 0. The van der Waals surface area contributed by atoms with Gasteiger partial charge in [0.2, 0.25) is 0 Å². The monoisotopic (exact) mass is 203 g/mol. The van der Waals surface area contributed by atoms with Crippen molar-refractivity contribution in [2.75, 3.05) is 0 Å². The average molecular weight is 203 g/mol. The summed E-state index contributed by atoms with van der Waals surface area (Å²) in [6, 6.07) is 0. The van der Waals surface area contributed by atoms with Gasteiger partial charge in [-0.1, -0.05) is 20.3 Å². The number of hydrogen-bond acceptors (Lipinski definition) is 0. The van der Waals surface area contributed by atoms with Crippen LogP contribution >= 0.6 is 0 Å². The Bertz CT molecular complexity index is 3.25. The Hall–Kier alpha value is 1.29. The molecule has 0 aliphatic rings. The summed E-state index contributed by atoms with van der Waals surface area (Å²) in [5.41, 5.74) is 0. The molecule has 0 saturated heterocycles. The maximum absolute atomic E-state index is 2.12. The molecule has 0 atom stereocenters. The molecule has 4 heavy (non-hydrogen) atoms. The molecule has 0 aromatic carbocycles. The molecule has 0 spiro atoms. The average Bonchev–Trinajstić information content (AvgIpc) is 0.918. The Kier molecular flexibility index (Phi) is 19.9. The van der Waals surface area contributed by atoms with Crippen LogP contribution in [0, 0.1) is 38.6 Å². The zero-order valence-electron chi connectivity index (χ0n) is 3.04. The molecule has 1 radical (unpaired) electrons. The van der Waals surface area contributed by atoms with Gasteiger partial charge in [-0.3, -0.25) is 0 Å². The van der Waals surface area contributed by atoms with Crippen LogP contribution in [0.25, 0.3) is 0 Å². The van der Waals surface area contributed by atoms with Gasteiger partial charge in [0.1, 0.15) is 0 Å². The normalized spacial score (nSPS) is 4.50. The van der Waals surface area contributed by atoms with Crippen molar-refractivity contribution in [3.8, 4) is 0 Å². The molecule has 0 nitrogen and oxygen atoms in total. The minimum Gasteiger partial charge on any atom is -0.0656 e. The van der Waals surface area contributed by atoms with E-state index in [1.165, 1.54) is 6.42 Å². The third-order valence-electron chi connectivity index (χ3n) is 0. The van der Waals surface area contributed by atoms with Gasteiger partial charge >= 0.3 is 0 Å². The summed E-state index contributed by atoms with van der Waals surface area (Å²) >= 11 is 0. The van der Waals surface area contributed by atoms with Gasteiger partial charge in [0.15, 0.2) is 0 Å². The van der Waals surface area contributed by atoms with Crippen LogP contribution in [-0.4, -0.2) is 0 Å². The molecular formula is C3H8Tb. The third kappa shape index (κ3) is 10.4. The zero-order chi connectivity index (χ0) is 2.71. The summed E-state index contributed by atoms with van der Waals surface area (Å²) in [7, 11) is 0. The third-order valence-corrected chi connectivity index (χ3v) is 0. The molecule has 0 heterocycles. The van der Waals surface area contributed by atoms with Crippen molar-refractivity contribution in [3.63, 3.8) is 0 Å². The molecule has 0 aliphatic carbocycles. The number of hydrogen-bond donors (Lipinski definition) is 0. The van der Waals surface area contributed by atoms with Gasteiger partial charge in [-0.25, -0.2) is 0 Å². The van der Waals surface area contributed by atoms with Crippen LogP contribution in [-0.2, 0) is 0 Å². The Labute approximate surface area is 58.4 Å². The molecule has 0 saturated carbocycles. The van der Waals surface area contributed by atoms with Crippen molar-refractivity contribution in [1.82, 2.24) is 0 Å². The Morgan fingerprint density at radius 2 is 1.25 bits per heavy atom. The second-order valence-corrected chi connectivity index (χ2v) is 0.707. The van der Waals surface area contributed by atoms with Gasteiger partial charge in [0, 0.05) is 38.6 Å². The first-order valence-electron chi connectivity index (χ1n) is 1.41. The second kappa shape index (κ2) is 8.86. The summed E-state index contributed by atoms with van der Waals surface area (Å²) in [6.45, 7) is 4.25. The minimum absolute atomic E-state index is 0. The van der Waals surface area contributed by atoms with E-state index in [-0.39, 0.29) is 38.6 Å². The summed E-state index contributed by atoms with van der Waals surface area (Å²) < 4.78 is 0. The van der Waals surface area contributed by atoms with Crippen LogP contribution < -0.4 is 0 Å². The maximum Gasteiger partial charge on any atom is 0 e. The number of rotatable bonds is 0. The molecule has 0 aromatic rings. The molecule has 1 heteroatoms. The van der Waals surface area contributed by atoms with E-state index in [0.717, 1.165) is 0 Å². The topological polar surface area (TPSA) is 0 Å². The van der Waals surface area contributed by atoms with Gasteiger partial charge in [-0.15, -0.1) is 0 Å². The van der Waals surface area contributed by atoms with Crippen molar-refractivity contribution in [2.24, 2.45) is 0 Å². The molecule has 0 bridgehead atoms. The summed E-state index contributed by atoms with van der Waals surface area (Å²) in [6.07, 6.45) is 1.25. The molecule has 0 fully saturated rings. The van der Waals surface area contributed by atoms with E-state index in [1.54, 1.807) is 0 Å². The Morgan fingerprint density at radius 3 is 1.25 bits per heavy atom. The van der Waals surface area contributed by atoms with E-state index in [1.807, 2.05) is 0 Å². The smallest absolute Gasteiger partial charge is 0 e. The van der Waals surface area contributed by atoms with Crippen LogP contribution in [0.15, 0.2) is 0 Å². The van der Waals surface area contributed by atoms with E-state index in [9.17, 15) is 0 Å². The van der Waals surface area contributed by atoms with Crippen LogP contribution in [0.1, 0.15) is 20.3 Å². The SMILES string of the molecule is CCC.[Tb]. The quantitative estimate of drug-likeness (QED) is 0.558. The van der Waals surface area contributed by atoms with Crippen molar-refractivity contribution < 1.29 is 38.6 Å². The minimum atomic E-state index is 0. The fourth-order valence-electron chi connectivity index (χ4n) is 0. The fraction of sp³-hybridized carbons (Fsp3) is 1.00. The molecular weight excluding hydrogens is 195 g/mol. The Balaban J connectivity index is 0. The van der Waals surface area contributed by atoms with Crippen LogP contribution in [0.2, 0.25) is 0 Å². The second-order valence-electron chi connectivity index (χ2n) is 0.707. The largest absolute Gasteiger partial charge is 0.0656 e. The molecule has 0 amide bonds. The molecule has 0 unspecified atom stereocenters. The van der Waals surface area contributed by atoms with Gasteiger partial charge in [0.25, 0.3) is 0 Å². The van der Waals surface area contributed by atoms with Crippen molar-refractivity contribution >= 4 is 0 Å². The zero-order valence-corrected chi connectivity index (χ0v) is 5.18. The molecule has 0 rings (SSSR count). The first kappa shape index (κ1) is 8.99. The van der Waals surface area contributed by atoms with Crippen molar-refractivity contribution in [2.45, 2.75) is 20.3 Å². The molecule has 29 valence electrons. The van der Waals surface area contributed by atoms with Gasteiger partial charge in [-0.05, 0) is 0 Å². The van der Waals surface area contributed by atoms with Crippen molar-refractivity contribution in [1.29, 1.82) is 0 Å². The van der Waals surface area contributed by atoms with Crippen LogP contribution in [0.3, 0.4) is 0 Å². The van der Waals surface area contributed by atoms with Gasteiger partial charge in [-0.2, -0.15) is 0 Å². The van der Waals surface area contributed by atoms with Gasteiger partial charge < -0.3 is 0 Å². The first-order chi connectivity index (χ1) is 1.41. The molecule has 0 N–H and O–H groups in total.